The van der Waals surface area contributed by atoms with Crippen LogP contribution in [0.4, 0.5) is 0 Å². The number of nitrogens with zero attached hydrogens (tertiary/aromatic N) is 1. The van der Waals surface area contributed by atoms with E-state index in [0.717, 1.165) is 5.56 Å². The van der Waals surface area contributed by atoms with Gasteiger partial charge in [-0.05, 0) is 29.8 Å². The molecule has 0 saturated heterocycles. The first kappa shape index (κ1) is 18.2. The van der Waals surface area contributed by atoms with Crippen LogP contribution in [0, 0.1) is 0 Å². The third kappa shape index (κ3) is 4.72. The zero-order chi connectivity index (χ0) is 19.2. The molecule has 0 aliphatic rings. The van der Waals surface area contributed by atoms with Crippen molar-refractivity contribution in [1.82, 2.24) is 9.97 Å². The molecule has 7 heteroatoms. The zero-order valence-corrected chi connectivity index (χ0v) is 14.6. The predicted molar refractivity (Wildman–Crippen MR) is 97.9 cm³/mol. The van der Waals surface area contributed by atoms with E-state index in [2.05, 4.69) is 9.97 Å². The number of aromatic amines is 1. The number of aromatic carboxylic acids is 1. The highest BCUT2D eigenvalue weighted by atomic mass is 16.6. The van der Waals surface area contributed by atoms with Crippen molar-refractivity contribution in [2.24, 2.45) is 0 Å². The van der Waals surface area contributed by atoms with E-state index in [9.17, 15) is 14.7 Å². The van der Waals surface area contributed by atoms with E-state index in [-0.39, 0.29) is 24.7 Å². The maximum Gasteiger partial charge on any atom is 0.302 e. The number of imidazole rings is 1. The van der Waals surface area contributed by atoms with E-state index in [0.29, 0.717) is 22.6 Å². The van der Waals surface area contributed by atoms with E-state index in [1.165, 1.54) is 13.0 Å². The van der Waals surface area contributed by atoms with Gasteiger partial charge in [0.15, 0.2) is 0 Å². The van der Waals surface area contributed by atoms with Gasteiger partial charge >= 0.3 is 5.97 Å². The molecule has 138 valence electrons. The van der Waals surface area contributed by atoms with Crippen LogP contribution in [0.1, 0.15) is 28.7 Å². The lowest BCUT2D eigenvalue weighted by Crippen LogP contribution is -2.22. The fourth-order valence-electron chi connectivity index (χ4n) is 2.49. The first-order valence-corrected chi connectivity index (χ1v) is 8.27. The molecule has 0 aliphatic heterocycles. The largest absolute Gasteiger partial charge is 0.545 e. The molecule has 0 radical (unpaired) electrons. The molecule has 0 amide bonds. The Hall–Kier alpha value is -3.61. The molecular formula is C20H17N2O5-. The lowest BCUT2D eigenvalue weighted by Gasteiger charge is -2.06. The number of carboxylic acids is 1. The Morgan fingerprint density at radius 1 is 1.11 bits per heavy atom. The van der Waals surface area contributed by atoms with Crippen LogP contribution in [0.3, 0.4) is 0 Å². The first-order chi connectivity index (χ1) is 13.0. The van der Waals surface area contributed by atoms with E-state index in [4.69, 9.17) is 9.47 Å². The topological polar surface area (TPSA) is 104 Å². The molecule has 1 heterocycles. The molecule has 1 N–H and O–H groups in total. The standard InChI is InChI=1S/C20H18N2O5/c1-13(23)26-11-12-27-15-8-5-14(6-9-15)7-10-18-21-17-4-2-3-16(20(24)25)19(17)22-18/h2-10H,11-12H2,1H3,(H,21,22)(H,24,25)/p-1/b10-7+. The van der Waals surface area contributed by atoms with Crippen LogP contribution < -0.4 is 9.84 Å². The molecule has 27 heavy (non-hydrogen) atoms. The van der Waals surface area contributed by atoms with Crippen molar-refractivity contribution < 1.29 is 24.2 Å². The van der Waals surface area contributed by atoms with Crippen LogP contribution in [0.5, 0.6) is 5.75 Å². The van der Waals surface area contributed by atoms with Crippen LogP contribution >= 0.6 is 0 Å². The third-order valence-corrected chi connectivity index (χ3v) is 3.72. The summed E-state index contributed by atoms with van der Waals surface area (Å²) in [6.45, 7) is 1.84. The smallest absolute Gasteiger partial charge is 0.302 e. The van der Waals surface area contributed by atoms with Crippen molar-refractivity contribution in [2.75, 3.05) is 13.2 Å². The molecule has 7 nitrogen and oxygen atoms in total. The fourth-order valence-corrected chi connectivity index (χ4v) is 2.49. The quantitative estimate of drug-likeness (QED) is 0.507. The number of carboxylic acid groups (broad SMARTS) is 1. The lowest BCUT2D eigenvalue weighted by molar-refractivity contribution is -0.254. The summed E-state index contributed by atoms with van der Waals surface area (Å²) >= 11 is 0. The summed E-state index contributed by atoms with van der Waals surface area (Å²) in [6, 6.07) is 12.2. The van der Waals surface area contributed by atoms with Crippen molar-refractivity contribution in [3.63, 3.8) is 0 Å². The highest BCUT2D eigenvalue weighted by molar-refractivity contribution is 6.00. The molecule has 1 aromatic heterocycles. The molecule has 0 spiro atoms. The number of benzene rings is 2. The monoisotopic (exact) mass is 365 g/mol. The molecule has 0 bridgehead atoms. The van der Waals surface area contributed by atoms with E-state index >= 15 is 0 Å². The number of aromatic nitrogens is 2. The second-order valence-corrected chi connectivity index (χ2v) is 5.70. The summed E-state index contributed by atoms with van der Waals surface area (Å²) in [4.78, 5) is 29.2. The number of esters is 1. The van der Waals surface area contributed by atoms with Gasteiger partial charge in [-0.2, -0.15) is 0 Å². The van der Waals surface area contributed by atoms with Crippen molar-refractivity contribution in [3.05, 3.63) is 59.4 Å². The number of rotatable bonds is 7. The average Bonchev–Trinajstić information content (AvgIpc) is 3.07. The van der Waals surface area contributed by atoms with Gasteiger partial charge in [-0.3, -0.25) is 4.79 Å². The predicted octanol–water partition coefficient (Wildman–Crippen LogP) is 2.04. The number of hydrogen-bond donors (Lipinski definition) is 1. The Balaban J connectivity index is 1.66. The van der Waals surface area contributed by atoms with Crippen LogP contribution in [0.25, 0.3) is 23.2 Å². The minimum absolute atomic E-state index is 0.0543. The molecule has 0 atom stereocenters. The summed E-state index contributed by atoms with van der Waals surface area (Å²) in [7, 11) is 0. The Labute approximate surface area is 155 Å². The van der Waals surface area contributed by atoms with Gasteiger partial charge in [0, 0.05) is 12.5 Å². The molecule has 0 saturated carbocycles. The van der Waals surface area contributed by atoms with Crippen molar-refractivity contribution >= 4 is 35.1 Å². The second-order valence-electron chi connectivity index (χ2n) is 5.70. The summed E-state index contributed by atoms with van der Waals surface area (Å²) in [6.07, 6.45) is 3.61. The van der Waals surface area contributed by atoms with Gasteiger partial charge < -0.3 is 24.4 Å². The molecule has 0 unspecified atom stereocenters. The first-order valence-electron chi connectivity index (χ1n) is 8.27. The average molecular weight is 365 g/mol. The van der Waals surface area contributed by atoms with Crippen molar-refractivity contribution in [2.45, 2.75) is 6.92 Å². The maximum absolute atomic E-state index is 11.1. The second kappa shape index (κ2) is 8.18. The van der Waals surface area contributed by atoms with Crippen molar-refractivity contribution in [3.8, 4) is 5.75 Å². The van der Waals surface area contributed by atoms with Crippen LogP contribution in [0.2, 0.25) is 0 Å². The summed E-state index contributed by atoms with van der Waals surface area (Å²) in [5.41, 5.74) is 1.98. The van der Waals surface area contributed by atoms with Crippen molar-refractivity contribution in [1.29, 1.82) is 0 Å². The number of nitrogens with one attached hydrogen (secondary N) is 1. The van der Waals surface area contributed by atoms with Gasteiger partial charge in [-0.1, -0.05) is 30.3 Å². The number of ether oxygens (including phenoxy) is 2. The maximum atomic E-state index is 11.1. The number of fused-ring (bicyclic) bond motifs is 1. The van der Waals surface area contributed by atoms with Gasteiger partial charge in [-0.15, -0.1) is 0 Å². The minimum atomic E-state index is -1.26. The lowest BCUT2D eigenvalue weighted by atomic mass is 10.2. The molecule has 0 fully saturated rings. The van der Waals surface area contributed by atoms with Gasteiger partial charge in [0.1, 0.15) is 24.8 Å². The summed E-state index contributed by atoms with van der Waals surface area (Å²) in [5.74, 6) is -0.384. The molecular weight excluding hydrogens is 348 g/mol. The molecule has 0 aliphatic carbocycles. The number of H-pyrrole nitrogens is 1. The number of carbonyl (C=O) groups is 2. The SMILES string of the molecule is CC(=O)OCCOc1ccc(/C=C/c2nc3c(C(=O)[O-])cccc3[nH]2)cc1. The van der Waals surface area contributed by atoms with Gasteiger partial charge in [0.2, 0.25) is 0 Å². The minimum Gasteiger partial charge on any atom is -0.545 e. The molecule has 2 aromatic carbocycles. The van der Waals surface area contributed by atoms with Gasteiger partial charge in [0.05, 0.1) is 17.0 Å². The van der Waals surface area contributed by atoms with E-state index in [1.54, 1.807) is 30.3 Å². The highest BCUT2D eigenvalue weighted by Gasteiger charge is 2.06. The Bertz CT molecular complexity index is 989. The van der Waals surface area contributed by atoms with Gasteiger partial charge in [0.25, 0.3) is 0 Å². The fraction of sp³-hybridized carbons (Fsp3) is 0.150. The normalized spacial score (nSPS) is 11.0. The molecule has 3 rings (SSSR count). The summed E-state index contributed by atoms with van der Waals surface area (Å²) in [5, 5.41) is 11.1. The van der Waals surface area contributed by atoms with E-state index < -0.39 is 5.97 Å². The number of carbonyl (C=O) groups excluding carboxylic acids is 2. The third-order valence-electron chi connectivity index (χ3n) is 3.72. The molecule has 3 aromatic rings. The highest BCUT2D eigenvalue weighted by Crippen LogP contribution is 2.18. The number of hydrogen-bond acceptors (Lipinski definition) is 6. The zero-order valence-electron chi connectivity index (χ0n) is 14.6. The van der Waals surface area contributed by atoms with Gasteiger partial charge in [-0.25, -0.2) is 4.98 Å². The summed E-state index contributed by atoms with van der Waals surface area (Å²) < 4.78 is 10.3. The Kier molecular flexibility index (Phi) is 5.51. The van der Waals surface area contributed by atoms with E-state index in [1.807, 2.05) is 18.2 Å². The van der Waals surface area contributed by atoms with Crippen LogP contribution in [-0.2, 0) is 9.53 Å². The van der Waals surface area contributed by atoms with Crippen LogP contribution in [0.15, 0.2) is 42.5 Å². The van der Waals surface area contributed by atoms with Crippen LogP contribution in [-0.4, -0.2) is 35.1 Å². The Morgan fingerprint density at radius 3 is 2.59 bits per heavy atom. The number of para-hydroxylation sites is 1. The Morgan fingerprint density at radius 2 is 1.89 bits per heavy atom.